The van der Waals surface area contributed by atoms with Crippen molar-refractivity contribution in [3.63, 3.8) is 0 Å². The summed E-state index contributed by atoms with van der Waals surface area (Å²) < 4.78 is -0.108. The van der Waals surface area contributed by atoms with Crippen LogP contribution in [0.4, 0.5) is 0 Å². The molecule has 0 aliphatic heterocycles. The van der Waals surface area contributed by atoms with Crippen molar-refractivity contribution < 1.29 is 5.11 Å². The topological polar surface area (TPSA) is 38.1 Å². The maximum Gasteiger partial charge on any atom is 0.220 e. The van der Waals surface area contributed by atoms with Gasteiger partial charge in [-0.25, -0.2) is 0 Å². The molecule has 0 radical (unpaired) electrons. The van der Waals surface area contributed by atoms with Crippen molar-refractivity contribution in [3.8, 4) is 0 Å². The Morgan fingerprint density at radius 2 is 2.08 bits per heavy atom. The number of nitrogens with zero attached hydrogens (tertiary/aromatic N) is 2. The van der Waals surface area contributed by atoms with Crippen molar-refractivity contribution in [2.45, 2.75) is 16.8 Å². The Balaban J connectivity index is 3.02. The van der Waals surface area contributed by atoms with Gasteiger partial charge in [-0.15, -0.1) is 0 Å². The Kier molecular flexibility index (Phi) is 3.12. The minimum atomic E-state index is -1.71. The highest BCUT2D eigenvalue weighted by Gasteiger charge is 2.34. The van der Waals surface area contributed by atoms with Crippen LogP contribution in [0.15, 0.2) is 6.20 Å². The van der Waals surface area contributed by atoms with Gasteiger partial charge in [-0.2, -0.15) is 5.10 Å². The number of aromatic nitrogens is 2. The molecule has 1 N–H and O–H groups in total. The van der Waals surface area contributed by atoms with Gasteiger partial charge in [0, 0.05) is 18.3 Å². The first-order valence-electron chi connectivity index (χ1n) is 3.57. The molecule has 1 heterocycles. The third-order valence-electron chi connectivity index (χ3n) is 1.88. The molecule has 1 rings (SSSR count). The van der Waals surface area contributed by atoms with Gasteiger partial charge in [0.15, 0.2) is 0 Å². The first kappa shape index (κ1) is 11.1. The number of hydrogen-bond acceptors (Lipinski definition) is 2. The molecule has 0 fully saturated rings. The zero-order valence-corrected chi connectivity index (χ0v) is 9.40. The second kappa shape index (κ2) is 3.65. The van der Waals surface area contributed by atoms with Gasteiger partial charge in [-0.3, -0.25) is 4.68 Å². The smallest absolute Gasteiger partial charge is 0.220 e. The van der Waals surface area contributed by atoms with Gasteiger partial charge in [0.05, 0.1) is 6.20 Å². The van der Waals surface area contributed by atoms with Gasteiger partial charge in [0.25, 0.3) is 0 Å². The Morgan fingerprint density at radius 1 is 1.54 bits per heavy atom. The lowest BCUT2D eigenvalue weighted by Crippen LogP contribution is -2.17. The van der Waals surface area contributed by atoms with E-state index in [0.717, 1.165) is 5.69 Å². The zero-order valence-electron chi connectivity index (χ0n) is 7.13. The molecular weight excluding hydrogens is 234 g/mol. The van der Waals surface area contributed by atoms with Crippen LogP contribution in [0.1, 0.15) is 17.4 Å². The van der Waals surface area contributed by atoms with E-state index in [9.17, 15) is 5.11 Å². The number of aliphatic hydroxyl groups excluding tert-OH is 1. The molecule has 1 aromatic rings. The van der Waals surface area contributed by atoms with Gasteiger partial charge >= 0.3 is 0 Å². The summed E-state index contributed by atoms with van der Waals surface area (Å²) in [5.41, 5.74) is 1.31. The van der Waals surface area contributed by atoms with E-state index in [4.69, 9.17) is 34.8 Å². The van der Waals surface area contributed by atoms with Gasteiger partial charge < -0.3 is 5.11 Å². The lowest BCUT2D eigenvalue weighted by Gasteiger charge is -2.18. The van der Waals surface area contributed by atoms with Gasteiger partial charge in [-0.05, 0) is 6.92 Å². The van der Waals surface area contributed by atoms with Crippen LogP contribution < -0.4 is 0 Å². The van der Waals surface area contributed by atoms with Crippen LogP contribution in [0.2, 0.25) is 0 Å². The first-order valence-corrected chi connectivity index (χ1v) is 4.70. The van der Waals surface area contributed by atoms with Crippen molar-refractivity contribution in [2.24, 2.45) is 7.05 Å². The second-order valence-corrected chi connectivity index (χ2v) is 5.12. The molecule has 1 aromatic heterocycles. The average molecular weight is 244 g/mol. The molecule has 3 nitrogen and oxygen atoms in total. The first-order chi connectivity index (χ1) is 5.84. The van der Waals surface area contributed by atoms with Crippen LogP contribution >= 0.6 is 34.8 Å². The summed E-state index contributed by atoms with van der Waals surface area (Å²) in [6.45, 7) is 1.79. The van der Waals surface area contributed by atoms with E-state index >= 15 is 0 Å². The number of halogens is 3. The van der Waals surface area contributed by atoms with Crippen molar-refractivity contribution in [1.82, 2.24) is 9.78 Å². The predicted molar refractivity (Wildman–Crippen MR) is 53.2 cm³/mol. The summed E-state index contributed by atoms with van der Waals surface area (Å²) in [6, 6.07) is 0. The highest BCUT2D eigenvalue weighted by Crippen LogP contribution is 2.40. The summed E-state index contributed by atoms with van der Waals surface area (Å²) in [4.78, 5) is 0. The maximum absolute atomic E-state index is 9.60. The summed E-state index contributed by atoms with van der Waals surface area (Å²) in [7, 11) is 1.75. The normalized spacial score (nSPS) is 14.6. The molecule has 0 bridgehead atoms. The van der Waals surface area contributed by atoms with Crippen LogP contribution in [0.3, 0.4) is 0 Å². The fourth-order valence-corrected chi connectivity index (χ4v) is 1.31. The highest BCUT2D eigenvalue weighted by atomic mass is 35.6. The molecule has 13 heavy (non-hydrogen) atoms. The number of alkyl halides is 3. The van der Waals surface area contributed by atoms with E-state index in [2.05, 4.69) is 5.10 Å². The molecule has 0 saturated heterocycles. The monoisotopic (exact) mass is 242 g/mol. The maximum atomic E-state index is 9.60. The standard InChI is InChI=1S/C7H9Cl3N2O/c1-4-5(3-11-12(4)2)6(13)7(8,9)10/h3,6,13H,1-2H3/t6-/m1/s1. The number of aryl methyl sites for hydroxylation is 1. The predicted octanol–water partition coefficient (Wildman–Crippen LogP) is 2.13. The summed E-state index contributed by atoms with van der Waals surface area (Å²) >= 11 is 16.6. The molecule has 0 amide bonds. The van der Waals surface area contributed by atoms with Gasteiger partial charge in [0.2, 0.25) is 3.79 Å². The Bertz CT molecular complexity index is 305. The summed E-state index contributed by atoms with van der Waals surface area (Å²) in [5, 5.41) is 13.5. The van der Waals surface area contributed by atoms with Crippen LogP contribution in [0.25, 0.3) is 0 Å². The highest BCUT2D eigenvalue weighted by molar-refractivity contribution is 6.68. The zero-order chi connectivity index (χ0) is 10.2. The molecular formula is C7H9Cl3N2O. The molecule has 0 aromatic carbocycles. The number of aliphatic hydroxyl groups is 1. The van der Waals surface area contributed by atoms with Gasteiger partial charge in [0.1, 0.15) is 6.10 Å². The van der Waals surface area contributed by atoms with Crippen LogP contribution in [-0.2, 0) is 7.05 Å². The summed E-state index contributed by atoms with van der Waals surface area (Å²) in [6.07, 6.45) is 0.341. The lowest BCUT2D eigenvalue weighted by atomic mass is 10.2. The second-order valence-electron chi connectivity index (χ2n) is 2.75. The van der Waals surface area contributed by atoms with Crippen LogP contribution in [0.5, 0.6) is 0 Å². The molecule has 0 spiro atoms. The van der Waals surface area contributed by atoms with Crippen LogP contribution in [0, 0.1) is 6.92 Å². The fourth-order valence-electron chi connectivity index (χ4n) is 0.960. The molecule has 6 heteroatoms. The quantitative estimate of drug-likeness (QED) is 0.768. The summed E-state index contributed by atoms with van der Waals surface area (Å²) in [5.74, 6) is 0. The van der Waals surface area contributed by atoms with E-state index in [0.29, 0.717) is 5.56 Å². The number of hydrogen-bond donors (Lipinski definition) is 1. The number of rotatable bonds is 1. The van der Waals surface area contributed by atoms with E-state index in [1.54, 1.807) is 18.7 Å². The third-order valence-corrected chi connectivity index (χ3v) is 2.50. The molecule has 0 aliphatic carbocycles. The van der Waals surface area contributed by atoms with Crippen molar-refractivity contribution >= 4 is 34.8 Å². The van der Waals surface area contributed by atoms with E-state index < -0.39 is 9.90 Å². The largest absolute Gasteiger partial charge is 0.384 e. The molecule has 0 saturated carbocycles. The fraction of sp³-hybridized carbons (Fsp3) is 0.571. The van der Waals surface area contributed by atoms with E-state index in [1.165, 1.54) is 6.20 Å². The van der Waals surface area contributed by atoms with Crippen molar-refractivity contribution in [3.05, 3.63) is 17.5 Å². The van der Waals surface area contributed by atoms with E-state index in [1.807, 2.05) is 0 Å². The SMILES string of the molecule is Cc1c([C@@H](O)C(Cl)(Cl)Cl)cnn1C. The van der Waals surface area contributed by atoms with Crippen LogP contribution in [-0.4, -0.2) is 18.7 Å². The lowest BCUT2D eigenvalue weighted by molar-refractivity contribution is 0.181. The molecule has 74 valence electrons. The van der Waals surface area contributed by atoms with E-state index in [-0.39, 0.29) is 0 Å². The van der Waals surface area contributed by atoms with Crippen molar-refractivity contribution in [2.75, 3.05) is 0 Å². The average Bonchev–Trinajstić information content (AvgIpc) is 2.30. The Morgan fingerprint density at radius 3 is 2.38 bits per heavy atom. The Hall–Kier alpha value is 0.0400. The minimum Gasteiger partial charge on any atom is -0.384 e. The molecule has 1 atom stereocenters. The Labute approximate surface area is 91.2 Å². The third kappa shape index (κ3) is 2.29. The molecule has 0 aliphatic rings. The van der Waals surface area contributed by atoms with Crippen molar-refractivity contribution in [1.29, 1.82) is 0 Å². The molecule has 0 unspecified atom stereocenters. The minimum absolute atomic E-state index is 0.530. The van der Waals surface area contributed by atoms with Gasteiger partial charge in [-0.1, -0.05) is 34.8 Å².